The molecule has 1 N–H and O–H groups in total. The van der Waals surface area contributed by atoms with Gasteiger partial charge in [0.2, 0.25) is 11.8 Å². The van der Waals surface area contributed by atoms with Crippen LogP contribution in [0.3, 0.4) is 0 Å². The van der Waals surface area contributed by atoms with E-state index in [2.05, 4.69) is 10.3 Å². The second-order valence-corrected chi connectivity index (χ2v) is 6.28. The number of rotatable bonds is 5. The number of likely N-dealkylation sites (tertiary alicyclic amines) is 1. The molecular weight excluding hydrogens is 321 g/mol. The molecule has 2 heterocycles. The normalized spacial score (nSPS) is 18.2. The Bertz CT molecular complexity index is 749. The first-order valence-electron chi connectivity index (χ1n) is 8.26. The molecule has 1 saturated heterocycles. The van der Waals surface area contributed by atoms with Crippen molar-refractivity contribution in [2.45, 2.75) is 25.9 Å². The average molecular weight is 341 g/mol. The monoisotopic (exact) mass is 341 g/mol. The van der Waals surface area contributed by atoms with E-state index < -0.39 is 0 Å². The minimum atomic E-state index is -0.376. The minimum absolute atomic E-state index is 0.0414. The second kappa shape index (κ2) is 7.42. The third-order valence-corrected chi connectivity index (χ3v) is 4.39. The molecule has 2 amide bonds. The average Bonchev–Trinajstić information content (AvgIpc) is 2.97. The van der Waals surface area contributed by atoms with E-state index in [1.54, 1.807) is 23.2 Å². The molecule has 1 aliphatic rings. The highest BCUT2D eigenvalue weighted by Crippen LogP contribution is 2.21. The molecule has 1 aromatic carbocycles. The van der Waals surface area contributed by atoms with Crippen molar-refractivity contribution in [1.29, 1.82) is 0 Å². The Labute approximate surface area is 145 Å². The van der Waals surface area contributed by atoms with Crippen molar-refractivity contribution in [3.05, 3.63) is 65.7 Å². The van der Waals surface area contributed by atoms with Crippen LogP contribution in [0, 0.1) is 11.7 Å². The maximum absolute atomic E-state index is 13.0. The lowest BCUT2D eigenvalue weighted by atomic mass is 10.0. The summed E-state index contributed by atoms with van der Waals surface area (Å²) < 4.78 is 13.0. The van der Waals surface area contributed by atoms with Crippen molar-refractivity contribution < 1.29 is 14.0 Å². The first-order chi connectivity index (χ1) is 12.0. The van der Waals surface area contributed by atoms with Crippen LogP contribution in [0.1, 0.15) is 30.6 Å². The molecule has 25 heavy (non-hydrogen) atoms. The van der Waals surface area contributed by atoms with Crippen molar-refractivity contribution in [2.75, 3.05) is 6.54 Å². The van der Waals surface area contributed by atoms with Crippen LogP contribution in [-0.2, 0) is 16.1 Å². The fourth-order valence-electron chi connectivity index (χ4n) is 2.95. The van der Waals surface area contributed by atoms with Gasteiger partial charge in [-0.15, -0.1) is 0 Å². The van der Waals surface area contributed by atoms with Crippen LogP contribution in [0.15, 0.2) is 48.7 Å². The molecule has 1 aromatic heterocycles. The predicted octanol–water partition coefficient (Wildman–Crippen LogP) is 2.45. The van der Waals surface area contributed by atoms with Crippen LogP contribution in [-0.4, -0.2) is 28.2 Å². The smallest absolute Gasteiger partial charge is 0.225 e. The quantitative estimate of drug-likeness (QED) is 0.909. The highest BCUT2D eigenvalue weighted by molar-refractivity contribution is 5.89. The van der Waals surface area contributed by atoms with Gasteiger partial charge in [0.15, 0.2) is 0 Å². The zero-order valence-corrected chi connectivity index (χ0v) is 14.0. The van der Waals surface area contributed by atoms with Crippen LogP contribution in [0.4, 0.5) is 4.39 Å². The molecule has 1 fully saturated rings. The molecule has 0 bridgehead atoms. The molecule has 130 valence electrons. The van der Waals surface area contributed by atoms with E-state index in [1.165, 1.54) is 12.1 Å². The molecule has 3 rings (SSSR count). The maximum Gasteiger partial charge on any atom is 0.225 e. The molecule has 2 atom stereocenters. The predicted molar refractivity (Wildman–Crippen MR) is 90.7 cm³/mol. The number of carbonyl (C=O) groups excluding carboxylic acids is 2. The molecule has 0 unspecified atom stereocenters. The van der Waals surface area contributed by atoms with Gasteiger partial charge in [-0.3, -0.25) is 14.6 Å². The lowest BCUT2D eigenvalue weighted by Crippen LogP contribution is -2.34. The van der Waals surface area contributed by atoms with Crippen LogP contribution < -0.4 is 5.32 Å². The van der Waals surface area contributed by atoms with Gasteiger partial charge in [-0.2, -0.15) is 0 Å². The first kappa shape index (κ1) is 17.1. The fourth-order valence-corrected chi connectivity index (χ4v) is 2.95. The van der Waals surface area contributed by atoms with Gasteiger partial charge in [0.25, 0.3) is 0 Å². The number of hydrogen-bond acceptors (Lipinski definition) is 3. The first-order valence-corrected chi connectivity index (χ1v) is 8.26. The van der Waals surface area contributed by atoms with E-state index in [4.69, 9.17) is 0 Å². The molecule has 6 heteroatoms. The Morgan fingerprint density at radius 1 is 1.32 bits per heavy atom. The zero-order valence-electron chi connectivity index (χ0n) is 14.0. The van der Waals surface area contributed by atoms with Crippen LogP contribution in [0.2, 0.25) is 0 Å². The number of carbonyl (C=O) groups is 2. The van der Waals surface area contributed by atoms with Gasteiger partial charge in [0.1, 0.15) is 5.82 Å². The van der Waals surface area contributed by atoms with Gasteiger partial charge in [-0.1, -0.05) is 18.2 Å². The third kappa shape index (κ3) is 4.21. The van der Waals surface area contributed by atoms with E-state index in [0.29, 0.717) is 13.1 Å². The summed E-state index contributed by atoms with van der Waals surface area (Å²) in [5, 5.41) is 2.91. The molecule has 0 aliphatic carbocycles. The Kier molecular flexibility index (Phi) is 5.07. The topological polar surface area (TPSA) is 62.3 Å². The number of nitrogens with zero attached hydrogens (tertiary/aromatic N) is 2. The van der Waals surface area contributed by atoms with Gasteiger partial charge in [-0.25, -0.2) is 4.39 Å². The Morgan fingerprint density at radius 2 is 2.08 bits per heavy atom. The lowest BCUT2D eigenvalue weighted by molar-refractivity contribution is -0.129. The standard InChI is InChI=1S/C19H20FN3O2/c1-13(14-5-7-16(20)8-6-14)22-19(25)15-10-18(24)23(11-15)12-17-4-2-3-9-21-17/h2-9,13,15H,10-12H2,1H3,(H,22,25)/t13-,15+/m0/s1. The molecule has 0 spiro atoms. The number of pyridine rings is 1. The Morgan fingerprint density at radius 3 is 2.76 bits per heavy atom. The highest BCUT2D eigenvalue weighted by Gasteiger charge is 2.34. The molecule has 1 aliphatic heterocycles. The lowest BCUT2D eigenvalue weighted by Gasteiger charge is -2.18. The number of hydrogen-bond donors (Lipinski definition) is 1. The van der Waals surface area contributed by atoms with Gasteiger partial charge in [0.05, 0.1) is 24.2 Å². The van der Waals surface area contributed by atoms with E-state index in [1.807, 2.05) is 25.1 Å². The molecule has 0 radical (unpaired) electrons. The summed E-state index contributed by atoms with van der Waals surface area (Å²) >= 11 is 0. The minimum Gasteiger partial charge on any atom is -0.349 e. The Hall–Kier alpha value is -2.76. The van der Waals surface area contributed by atoms with Crippen molar-refractivity contribution in [2.24, 2.45) is 5.92 Å². The van der Waals surface area contributed by atoms with Crippen molar-refractivity contribution >= 4 is 11.8 Å². The second-order valence-electron chi connectivity index (χ2n) is 6.28. The van der Waals surface area contributed by atoms with E-state index in [9.17, 15) is 14.0 Å². The number of benzene rings is 1. The van der Waals surface area contributed by atoms with Gasteiger partial charge < -0.3 is 10.2 Å². The summed E-state index contributed by atoms with van der Waals surface area (Å²) in [6.45, 7) is 2.64. The van der Waals surface area contributed by atoms with E-state index in [-0.39, 0.29) is 36.0 Å². The number of halogens is 1. The van der Waals surface area contributed by atoms with Crippen molar-refractivity contribution in [3.63, 3.8) is 0 Å². The number of aromatic nitrogens is 1. The Balaban J connectivity index is 1.58. The summed E-state index contributed by atoms with van der Waals surface area (Å²) in [6.07, 6.45) is 1.89. The largest absolute Gasteiger partial charge is 0.349 e. The van der Waals surface area contributed by atoms with Crippen LogP contribution >= 0.6 is 0 Å². The maximum atomic E-state index is 13.0. The highest BCUT2D eigenvalue weighted by atomic mass is 19.1. The van der Waals surface area contributed by atoms with Gasteiger partial charge in [0, 0.05) is 19.2 Å². The van der Waals surface area contributed by atoms with Gasteiger partial charge >= 0.3 is 0 Å². The summed E-state index contributed by atoms with van der Waals surface area (Å²) in [6, 6.07) is 11.3. The summed E-state index contributed by atoms with van der Waals surface area (Å²) in [5.74, 6) is -0.887. The van der Waals surface area contributed by atoms with Crippen molar-refractivity contribution in [3.8, 4) is 0 Å². The zero-order chi connectivity index (χ0) is 17.8. The summed E-state index contributed by atoms with van der Waals surface area (Å²) in [7, 11) is 0. The van der Waals surface area contributed by atoms with E-state index in [0.717, 1.165) is 11.3 Å². The van der Waals surface area contributed by atoms with E-state index >= 15 is 0 Å². The third-order valence-electron chi connectivity index (χ3n) is 4.39. The number of amides is 2. The fraction of sp³-hybridized carbons (Fsp3) is 0.316. The van der Waals surface area contributed by atoms with Crippen LogP contribution in [0.5, 0.6) is 0 Å². The number of nitrogens with one attached hydrogen (secondary N) is 1. The van der Waals surface area contributed by atoms with Crippen molar-refractivity contribution in [1.82, 2.24) is 15.2 Å². The van der Waals surface area contributed by atoms with Gasteiger partial charge in [-0.05, 0) is 36.8 Å². The molecule has 5 nitrogen and oxygen atoms in total. The molecule has 2 aromatic rings. The molecule has 0 saturated carbocycles. The SMILES string of the molecule is C[C@H](NC(=O)[C@@H]1CC(=O)N(Cc2ccccn2)C1)c1ccc(F)cc1. The summed E-state index contributed by atoms with van der Waals surface area (Å²) in [5.41, 5.74) is 1.63. The summed E-state index contributed by atoms with van der Waals surface area (Å²) in [4.78, 5) is 30.5. The molecular formula is C19H20FN3O2. The van der Waals surface area contributed by atoms with Crippen LogP contribution in [0.25, 0.3) is 0 Å².